The summed E-state index contributed by atoms with van der Waals surface area (Å²) in [6.45, 7) is 4.65. The van der Waals surface area contributed by atoms with Gasteiger partial charge in [-0.15, -0.1) is 0 Å². The molecule has 0 fully saturated rings. The molecule has 1 aromatic rings. The first-order valence-corrected chi connectivity index (χ1v) is 7.21. The molecule has 21 heavy (non-hydrogen) atoms. The molecule has 0 bridgehead atoms. The van der Waals surface area contributed by atoms with Crippen molar-refractivity contribution in [2.45, 2.75) is 32.4 Å². The Morgan fingerprint density at radius 3 is 2.81 bits per heavy atom. The largest absolute Gasteiger partial charge is 0.383 e. The standard InChI is InChI=1S/C16H22N2O3/c1-11(2)17-16(20)15-13-7-5-4-6-12(13)10-14(19)18(15)8-9-21-3/h4-7,11,15H,8-10H2,1-3H3,(H,17,20)/t15-/m0/s1. The summed E-state index contributed by atoms with van der Waals surface area (Å²) in [5.74, 6) is -0.170. The van der Waals surface area contributed by atoms with Crippen molar-refractivity contribution in [3.05, 3.63) is 35.4 Å². The molecule has 1 aliphatic rings. The maximum atomic E-state index is 12.5. The summed E-state index contributed by atoms with van der Waals surface area (Å²) < 4.78 is 5.06. The number of benzene rings is 1. The Morgan fingerprint density at radius 2 is 2.14 bits per heavy atom. The number of rotatable bonds is 5. The molecule has 1 N–H and O–H groups in total. The molecule has 2 amide bonds. The highest BCUT2D eigenvalue weighted by Crippen LogP contribution is 2.30. The molecule has 114 valence electrons. The van der Waals surface area contributed by atoms with Crippen molar-refractivity contribution in [2.75, 3.05) is 20.3 Å². The summed E-state index contributed by atoms with van der Waals surface area (Å²) in [4.78, 5) is 26.5. The number of ether oxygens (including phenoxy) is 1. The van der Waals surface area contributed by atoms with Crippen LogP contribution >= 0.6 is 0 Å². The maximum Gasteiger partial charge on any atom is 0.247 e. The molecule has 5 nitrogen and oxygen atoms in total. The Hall–Kier alpha value is -1.88. The van der Waals surface area contributed by atoms with Gasteiger partial charge in [-0.05, 0) is 25.0 Å². The van der Waals surface area contributed by atoms with Crippen molar-refractivity contribution in [3.8, 4) is 0 Å². The molecular weight excluding hydrogens is 268 g/mol. The predicted molar refractivity (Wildman–Crippen MR) is 79.8 cm³/mol. The van der Waals surface area contributed by atoms with Gasteiger partial charge in [0.1, 0.15) is 6.04 Å². The summed E-state index contributed by atoms with van der Waals surface area (Å²) in [6.07, 6.45) is 0.339. The highest BCUT2D eigenvalue weighted by molar-refractivity contribution is 5.92. The number of fused-ring (bicyclic) bond motifs is 1. The van der Waals surface area contributed by atoms with E-state index in [1.54, 1.807) is 12.0 Å². The summed E-state index contributed by atoms with van der Waals surface area (Å²) in [5, 5.41) is 2.91. The van der Waals surface area contributed by atoms with Crippen LogP contribution in [0.25, 0.3) is 0 Å². The second-order valence-electron chi connectivity index (χ2n) is 5.52. The summed E-state index contributed by atoms with van der Waals surface area (Å²) in [5.41, 5.74) is 1.84. The summed E-state index contributed by atoms with van der Waals surface area (Å²) in [7, 11) is 1.59. The minimum Gasteiger partial charge on any atom is -0.383 e. The van der Waals surface area contributed by atoms with E-state index in [1.807, 2.05) is 38.1 Å². The van der Waals surface area contributed by atoms with E-state index in [0.717, 1.165) is 11.1 Å². The fourth-order valence-electron chi connectivity index (χ4n) is 2.63. The number of amides is 2. The van der Waals surface area contributed by atoms with Crippen molar-refractivity contribution < 1.29 is 14.3 Å². The number of carbonyl (C=O) groups excluding carboxylic acids is 2. The summed E-state index contributed by atoms with van der Waals surface area (Å²) in [6, 6.07) is 7.10. The lowest BCUT2D eigenvalue weighted by Crippen LogP contribution is -2.49. The van der Waals surface area contributed by atoms with Crippen LogP contribution in [0.3, 0.4) is 0 Å². The topological polar surface area (TPSA) is 58.6 Å². The van der Waals surface area contributed by atoms with Gasteiger partial charge in [-0.1, -0.05) is 24.3 Å². The predicted octanol–water partition coefficient (Wildman–Crippen LogP) is 1.28. The van der Waals surface area contributed by atoms with Crippen LogP contribution < -0.4 is 5.32 Å². The zero-order valence-electron chi connectivity index (χ0n) is 12.8. The van der Waals surface area contributed by atoms with Gasteiger partial charge in [-0.3, -0.25) is 9.59 Å². The van der Waals surface area contributed by atoms with Crippen LogP contribution in [0.2, 0.25) is 0 Å². The van der Waals surface area contributed by atoms with Gasteiger partial charge in [0.2, 0.25) is 11.8 Å². The Labute approximate surface area is 125 Å². The molecule has 5 heteroatoms. The van der Waals surface area contributed by atoms with Crippen LogP contribution in [0.15, 0.2) is 24.3 Å². The first kappa shape index (κ1) is 15.5. The lowest BCUT2D eigenvalue weighted by molar-refractivity contribution is -0.142. The van der Waals surface area contributed by atoms with Crippen LogP contribution in [-0.4, -0.2) is 43.0 Å². The lowest BCUT2D eigenvalue weighted by atomic mass is 9.91. The molecule has 0 aromatic heterocycles. The van der Waals surface area contributed by atoms with Crippen molar-refractivity contribution in [1.29, 1.82) is 0 Å². The average Bonchev–Trinajstić information content (AvgIpc) is 2.43. The molecule has 0 aliphatic carbocycles. The molecule has 2 rings (SSSR count). The molecule has 0 saturated heterocycles. The highest BCUT2D eigenvalue weighted by Gasteiger charge is 2.36. The van der Waals surface area contributed by atoms with Gasteiger partial charge in [0.25, 0.3) is 0 Å². The zero-order chi connectivity index (χ0) is 15.4. The molecular formula is C16H22N2O3. The van der Waals surface area contributed by atoms with E-state index in [-0.39, 0.29) is 17.9 Å². The van der Waals surface area contributed by atoms with Gasteiger partial charge in [0.05, 0.1) is 13.0 Å². The minimum atomic E-state index is -0.569. The number of hydrogen-bond acceptors (Lipinski definition) is 3. The van der Waals surface area contributed by atoms with Crippen LogP contribution in [0.1, 0.15) is 31.0 Å². The molecule has 0 spiro atoms. The zero-order valence-corrected chi connectivity index (χ0v) is 12.8. The Balaban J connectivity index is 2.36. The Morgan fingerprint density at radius 1 is 1.43 bits per heavy atom. The Kier molecular flexibility index (Phi) is 4.96. The number of nitrogens with one attached hydrogen (secondary N) is 1. The smallest absolute Gasteiger partial charge is 0.247 e. The lowest BCUT2D eigenvalue weighted by Gasteiger charge is -2.36. The van der Waals surface area contributed by atoms with Crippen molar-refractivity contribution in [3.63, 3.8) is 0 Å². The van der Waals surface area contributed by atoms with Crippen LogP contribution in [-0.2, 0) is 20.7 Å². The van der Waals surface area contributed by atoms with E-state index in [9.17, 15) is 9.59 Å². The van der Waals surface area contributed by atoms with Gasteiger partial charge < -0.3 is 15.0 Å². The third-order valence-electron chi connectivity index (χ3n) is 3.54. The molecule has 0 radical (unpaired) electrons. The van der Waals surface area contributed by atoms with Crippen LogP contribution in [0.4, 0.5) is 0 Å². The highest BCUT2D eigenvalue weighted by atomic mass is 16.5. The van der Waals surface area contributed by atoms with E-state index in [0.29, 0.717) is 19.6 Å². The third kappa shape index (κ3) is 3.42. The van der Waals surface area contributed by atoms with Crippen LogP contribution in [0, 0.1) is 0 Å². The molecule has 1 atom stereocenters. The van der Waals surface area contributed by atoms with Gasteiger partial charge in [-0.2, -0.15) is 0 Å². The number of hydrogen-bond donors (Lipinski definition) is 1. The normalized spacial score (nSPS) is 17.8. The van der Waals surface area contributed by atoms with Crippen molar-refractivity contribution in [1.82, 2.24) is 10.2 Å². The van der Waals surface area contributed by atoms with Gasteiger partial charge in [0.15, 0.2) is 0 Å². The van der Waals surface area contributed by atoms with Gasteiger partial charge >= 0.3 is 0 Å². The van der Waals surface area contributed by atoms with E-state index >= 15 is 0 Å². The molecule has 1 aliphatic heterocycles. The van der Waals surface area contributed by atoms with E-state index in [4.69, 9.17) is 4.74 Å². The summed E-state index contributed by atoms with van der Waals surface area (Å²) >= 11 is 0. The molecule has 0 unspecified atom stereocenters. The molecule has 1 heterocycles. The second kappa shape index (κ2) is 6.72. The number of nitrogens with zero attached hydrogens (tertiary/aromatic N) is 1. The van der Waals surface area contributed by atoms with E-state index in [1.165, 1.54) is 0 Å². The van der Waals surface area contributed by atoms with E-state index < -0.39 is 6.04 Å². The molecule has 1 aromatic carbocycles. The minimum absolute atomic E-state index is 0.0327. The first-order valence-electron chi connectivity index (χ1n) is 7.21. The quantitative estimate of drug-likeness (QED) is 0.889. The second-order valence-corrected chi connectivity index (χ2v) is 5.52. The fraction of sp³-hybridized carbons (Fsp3) is 0.500. The number of methoxy groups -OCH3 is 1. The average molecular weight is 290 g/mol. The Bertz CT molecular complexity index is 528. The van der Waals surface area contributed by atoms with E-state index in [2.05, 4.69) is 5.32 Å². The van der Waals surface area contributed by atoms with Crippen LogP contribution in [0.5, 0.6) is 0 Å². The monoisotopic (exact) mass is 290 g/mol. The maximum absolute atomic E-state index is 12.5. The fourth-order valence-corrected chi connectivity index (χ4v) is 2.63. The third-order valence-corrected chi connectivity index (χ3v) is 3.54. The first-order chi connectivity index (χ1) is 10.0. The van der Waals surface area contributed by atoms with Crippen molar-refractivity contribution in [2.24, 2.45) is 0 Å². The van der Waals surface area contributed by atoms with Gasteiger partial charge in [-0.25, -0.2) is 0 Å². The number of carbonyl (C=O) groups is 2. The van der Waals surface area contributed by atoms with Gasteiger partial charge in [0, 0.05) is 19.7 Å². The SMILES string of the molecule is COCCN1C(=O)Cc2ccccc2[C@H]1C(=O)NC(C)C. The molecule has 0 saturated carbocycles. The van der Waals surface area contributed by atoms with Crippen molar-refractivity contribution >= 4 is 11.8 Å².